The number of carboxylic acid groups (broad SMARTS) is 1. The van der Waals surface area contributed by atoms with E-state index in [4.69, 9.17) is 9.84 Å². The van der Waals surface area contributed by atoms with Gasteiger partial charge in [0.1, 0.15) is 5.75 Å². The first-order valence-electron chi connectivity index (χ1n) is 7.59. The Hall–Kier alpha value is -2.82. The molecule has 0 atom stereocenters. The van der Waals surface area contributed by atoms with E-state index in [1.165, 1.54) is 24.3 Å². The van der Waals surface area contributed by atoms with E-state index >= 15 is 0 Å². The Kier molecular flexibility index (Phi) is 5.24. The molecule has 1 amide bonds. The van der Waals surface area contributed by atoms with Crippen molar-refractivity contribution in [1.82, 2.24) is 5.32 Å². The molecule has 126 valence electrons. The Labute approximate surface area is 141 Å². The topological polar surface area (TPSA) is 75.6 Å². The van der Waals surface area contributed by atoms with Crippen molar-refractivity contribution >= 4 is 11.9 Å². The van der Waals surface area contributed by atoms with E-state index in [9.17, 15) is 9.59 Å². The lowest BCUT2D eigenvalue weighted by molar-refractivity contribution is 0.0696. The molecule has 2 rings (SSSR count). The summed E-state index contributed by atoms with van der Waals surface area (Å²) < 4.78 is 5.14. The summed E-state index contributed by atoms with van der Waals surface area (Å²) in [6.07, 6.45) is 0.663. The Morgan fingerprint density at radius 3 is 2.04 bits per heavy atom. The number of nitrogens with one attached hydrogen (secondary N) is 1. The fourth-order valence-corrected chi connectivity index (χ4v) is 2.44. The van der Waals surface area contributed by atoms with Gasteiger partial charge in [0.25, 0.3) is 5.91 Å². The van der Waals surface area contributed by atoms with Gasteiger partial charge < -0.3 is 15.2 Å². The molecule has 2 aromatic rings. The minimum atomic E-state index is -1.01. The van der Waals surface area contributed by atoms with Gasteiger partial charge in [-0.2, -0.15) is 0 Å². The zero-order valence-electron chi connectivity index (χ0n) is 14.0. The lowest BCUT2D eigenvalue weighted by Gasteiger charge is -2.26. The number of hydrogen-bond acceptors (Lipinski definition) is 3. The molecule has 0 saturated heterocycles. The van der Waals surface area contributed by atoms with E-state index in [0.29, 0.717) is 12.0 Å². The number of benzene rings is 2. The van der Waals surface area contributed by atoms with Crippen molar-refractivity contribution < 1.29 is 19.4 Å². The Morgan fingerprint density at radius 2 is 1.54 bits per heavy atom. The maximum atomic E-state index is 12.4. The van der Waals surface area contributed by atoms with Crippen LogP contribution in [0.15, 0.2) is 48.5 Å². The largest absolute Gasteiger partial charge is 0.497 e. The molecule has 0 unspecified atom stereocenters. The lowest BCUT2D eigenvalue weighted by atomic mass is 9.94. The summed E-state index contributed by atoms with van der Waals surface area (Å²) in [7, 11) is 1.62. The second-order valence-electron chi connectivity index (χ2n) is 6.25. The summed E-state index contributed by atoms with van der Waals surface area (Å²) in [4.78, 5) is 23.2. The predicted molar refractivity (Wildman–Crippen MR) is 91.6 cm³/mol. The van der Waals surface area contributed by atoms with Crippen LogP contribution >= 0.6 is 0 Å². The molecule has 2 aromatic carbocycles. The Balaban J connectivity index is 2.03. The average Bonchev–Trinajstić information content (AvgIpc) is 2.54. The van der Waals surface area contributed by atoms with Gasteiger partial charge in [0, 0.05) is 11.1 Å². The van der Waals surface area contributed by atoms with Crippen LogP contribution in [0.4, 0.5) is 0 Å². The summed E-state index contributed by atoms with van der Waals surface area (Å²) in [5.74, 6) is -0.452. The van der Waals surface area contributed by atoms with Crippen molar-refractivity contribution in [3.63, 3.8) is 0 Å². The second kappa shape index (κ2) is 7.17. The van der Waals surface area contributed by atoms with Crippen LogP contribution < -0.4 is 10.1 Å². The van der Waals surface area contributed by atoms with Crippen LogP contribution in [0.5, 0.6) is 5.75 Å². The normalized spacial score (nSPS) is 11.0. The highest BCUT2D eigenvalue weighted by Gasteiger charge is 2.22. The SMILES string of the molecule is COc1ccc(CC(C)(C)NC(=O)c2ccc(C(=O)O)cc2)cc1. The number of carboxylic acids is 1. The zero-order chi connectivity index (χ0) is 17.7. The van der Waals surface area contributed by atoms with Crippen LogP contribution in [0.25, 0.3) is 0 Å². The van der Waals surface area contributed by atoms with Crippen molar-refractivity contribution in [2.45, 2.75) is 25.8 Å². The number of amides is 1. The lowest BCUT2D eigenvalue weighted by Crippen LogP contribution is -2.45. The van der Waals surface area contributed by atoms with Crippen molar-refractivity contribution in [3.8, 4) is 5.75 Å². The summed E-state index contributed by atoms with van der Waals surface area (Å²) >= 11 is 0. The summed E-state index contributed by atoms with van der Waals surface area (Å²) in [5.41, 5.74) is 1.23. The highest BCUT2D eigenvalue weighted by atomic mass is 16.5. The highest BCUT2D eigenvalue weighted by Crippen LogP contribution is 2.17. The van der Waals surface area contributed by atoms with E-state index in [1.54, 1.807) is 7.11 Å². The number of rotatable bonds is 6. The number of carbonyl (C=O) groups excluding carboxylic acids is 1. The molecule has 0 bridgehead atoms. The predicted octanol–water partition coefficient (Wildman–Crippen LogP) is 3.14. The van der Waals surface area contributed by atoms with Crippen molar-refractivity contribution in [2.75, 3.05) is 7.11 Å². The van der Waals surface area contributed by atoms with Gasteiger partial charge in [-0.1, -0.05) is 12.1 Å². The van der Waals surface area contributed by atoms with Crippen molar-refractivity contribution in [1.29, 1.82) is 0 Å². The maximum Gasteiger partial charge on any atom is 0.335 e. The van der Waals surface area contributed by atoms with Crippen LogP contribution in [0, 0.1) is 0 Å². The summed E-state index contributed by atoms with van der Waals surface area (Å²) in [5, 5.41) is 11.9. The number of hydrogen-bond donors (Lipinski definition) is 2. The standard InChI is InChI=1S/C19H21NO4/c1-19(2,12-13-4-10-16(24-3)11-5-13)20-17(21)14-6-8-15(9-7-14)18(22)23/h4-11H,12H2,1-3H3,(H,20,21)(H,22,23). The van der Waals surface area contributed by atoms with Gasteiger partial charge in [-0.15, -0.1) is 0 Å². The van der Waals surface area contributed by atoms with E-state index < -0.39 is 11.5 Å². The second-order valence-corrected chi connectivity index (χ2v) is 6.25. The first-order valence-corrected chi connectivity index (χ1v) is 7.59. The van der Waals surface area contributed by atoms with Crippen LogP contribution in [0.3, 0.4) is 0 Å². The fourth-order valence-electron chi connectivity index (χ4n) is 2.44. The van der Waals surface area contributed by atoms with Crippen LogP contribution in [-0.4, -0.2) is 29.6 Å². The quantitative estimate of drug-likeness (QED) is 0.854. The third-order valence-electron chi connectivity index (χ3n) is 3.65. The minimum absolute atomic E-state index is 0.157. The zero-order valence-corrected chi connectivity index (χ0v) is 14.0. The molecule has 5 heteroatoms. The average molecular weight is 327 g/mol. The molecule has 0 saturated carbocycles. The molecular formula is C19H21NO4. The minimum Gasteiger partial charge on any atom is -0.497 e. The first-order chi connectivity index (χ1) is 11.3. The van der Waals surface area contributed by atoms with Crippen LogP contribution in [0.1, 0.15) is 40.1 Å². The highest BCUT2D eigenvalue weighted by molar-refractivity contribution is 5.96. The maximum absolute atomic E-state index is 12.4. The molecule has 0 aliphatic rings. The molecule has 0 aliphatic heterocycles. The molecule has 0 fully saturated rings. The van der Waals surface area contributed by atoms with Crippen molar-refractivity contribution in [2.24, 2.45) is 0 Å². The van der Waals surface area contributed by atoms with Crippen molar-refractivity contribution in [3.05, 3.63) is 65.2 Å². The fraction of sp³-hybridized carbons (Fsp3) is 0.263. The third-order valence-corrected chi connectivity index (χ3v) is 3.65. The van der Waals surface area contributed by atoms with Gasteiger partial charge in [0.05, 0.1) is 12.7 Å². The number of carbonyl (C=O) groups is 2. The number of methoxy groups -OCH3 is 1. The molecule has 2 N–H and O–H groups in total. The van der Waals surface area contributed by atoms with Gasteiger partial charge in [-0.25, -0.2) is 4.79 Å². The molecular weight excluding hydrogens is 306 g/mol. The summed E-state index contributed by atoms with van der Waals surface area (Å²) in [6, 6.07) is 13.6. The van der Waals surface area contributed by atoms with E-state index in [1.807, 2.05) is 38.1 Å². The third kappa shape index (κ3) is 4.59. The molecule has 24 heavy (non-hydrogen) atoms. The van der Waals surface area contributed by atoms with Crippen LogP contribution in [0.2, 0.25) is 0 Å². The van der Waals surface area contributed by atoms with E-state index in [-0.39, 0.29) is 11.5 Å². The summed E-state index contributed by atoms with van der Waals surface area (Å²) in [6.45, 7) is 3.89. The van der Waals surface area contributed by atoms with Gasteiger partial charge in [-0.05, 0) is 62.2 Å². The Bertz CT molecular complexity index is 718. The van der Waals surface area contributed by atoms with Crippen LogP contribution in [-0.2, 0) is 6.42 Å². The smallest absolute Gasteiger partial charge is 0.335 e. The molecule has 5 nitrogen and oxygen atoms in total. The molecule has 0 aliphatic carbocycles. The monoisotopic (exact) mass is 327 g/mol. The molecule has 0 heterocycles. The van der Waals surface area contributed by atoms with Gasteiger partial charge >= 0.3 is 5.97 Å². The number of aromatic carboxylic acids is 1. The molecule has 0 aromatic heterocycles. The van der Waals surface area contributed by atoms with Gasteiger partial charge in [0.15, 0.2) is 0 Å². The van der Waals surface area contributed by atoms with Gasteiger partial charge in [-0.3, -0.25) is 4.79 Å². The Morgan fingerprint density at radius 1 is 1.00 bits per heavy atom. The van der Waals surface area contributed by atoms with Gasteiger partial charge in [0.2, 0.25) is 0 Å². The molecule has 0 spiro atoms. The van der Waals surface area contributed by atoms with E-state index in [0.717, 1.165) is 11.3 Å². The molecule has 0 radical (unpaired) electrons. The van der Waals surface area contributed by atoms with E-state index in [2.05, 4.69) is 5.32 Å². The first kappa shape index (κ1) is 17.5. The number of ether oxygens (including phenoxy) is 1.